The van der Waals surface area contributed by atoms with Crippen molar-refractivity contribution in [2.45, 2.75) is 6.92 Å². The lowest BCUT2D eigenvalue weighted by Gasteiger charge is -2.00. The fraction of sp³-hybridized carbons (Fsp3) is 0.0667. The summed E-state index contributed by atoms with van der Waals surface area (Å²) >= 11 is 3.42. The molecular formula is C15H11BrN2O. The molecule has 0 unspecified atom stereocenters. The molecule has 1 N–H and O–H groups in total. The lowest BCUT2D eigenvalue weighted by atomic mass is 10.1. The van der Waals surface area contributed by atoms with E-state index in [1.165, 1.54) is 0 Å². The number of hydrogen-bond acceptors (Lipinski definition) is 2. The van der Waals surface area contributed by atoms with Gasteiger partial charge < -0.3 is 5.32 Å². The van der Waals surface area contributed by atoms with E-state index in [0.717, 1.165) is 27.0 Å². The lowest BCUT2D eigenvalue weighted by Crippen LogP contribution is -2.13. The van der Waals surface area contributed by atoms with Crippen LogP contribution >= 0.6 is 15.9 Å². The van der Waals surface area contributed by atoms with Crippen molar-refractivity contribution in [3.8, 4) is 0 Å². The first kappa shape index (κ1) is 12.1. The van der Waals surface area contributed by atoms with Crippen molar-refractivity contribution in [1.29, 1.82) is 0 Å². The lowest BCUT2D eigenvalue weighted by molar-refractivity contribution is -0.110. The van der Waals surface area contributed by atoms with Crippen LogP contribution in [0.25, 0.3) is 0 Å². The molecule has 1 aliphatic heterocycles. The molecule has 1 amide bonds. The van der Waals surface area contributed by atoms with Gasteiger partial charge in [-0.25, -0.2) is 4.99 Å². The molecule has 19 heavy (non-hydrogen) atoms. The number of fused-ring (bicyclic) bond motifs is 1. The van der Waals surface area contributed by atoms with Crippen molar-refractivity contribution in [2.24, 2.45) is 4.99 Å². The van der Waals surface area contributed by atoms with Gasteiger partial charge in [-0.3, -0.25) is 4.79 Å². The van der Waals surface area contributed by atoms with Crippen molar-refractivity contribution in [3.63, 3.8) is 0 Å². The SMILES string of the molecule is Cc1cccc(N=C2C(=O)Nc3ccc(Br)cc32)c1. The van der Waals surface area contributed by atoms with Crippen LogP contribution in [0.1, 0.15) is 11.1 Å². The first-order valence-corrected chi connectivity index (χ1v) is 6.69. The largest absolute Gasteiger partial charge is 0.320 e. The Balaban J connectivity index is 2.11. The molecule has 1 aliphatic rings. The number of anilines is 1. The van der Waals surface area contributed by atoms with E-state index in [4.69, 9.17) is 0 Å². The number of rotatable bonds is 1. The normalized spacial score (nSPS) is 15.5. The quantitative estimate of drug-likeness (QED) is 0.854. The summed E-state index contributed by atoms with van der Waals surface area (Å²) < 4.78 is 0.930. The van der Waals surface area contributed by atoms with Crippen molar-refractivity contribution in [2.75, 3.05) is 5.32 Å². The number of nitrogens with zero attached hydrogens (tertiary/aromatic N) is 1. The number of benzene rings is 2. The Morgan fingerprint density at radius 1 is 1.16 bits per heavy atom. The summed E-state index contributed by atoms with van der Waals surface area (Å²) in [4.78, 5) is 16.4. The first-order chi connectivity index (χ1) is 9.13. The zero-order valence-electron chi connectivity index (χ0n) is 10.3. The van der Waals surface area contributed by atoms with Crippen LogP contribution in [0.4, 0.5) is 11.4 Å². The molecule has 0 atom stereocenters. The van der Waals surface area contributed by atoms with E-state index >= 15 is 0 Å². The Morgan fingerprint density at radius 3 is 2.79 bits per heavy atom. The van der Waals surface area contributed by atoms with Gasteiger partial charge in [0.2, 0.25) is 0 Å². The summed E-state index contributed by atoms with van der Waals surface area (Å²) in [6, 6.07) is 13.5. The van der Waals surface area contributed by atoms with E-state index in [9.17, 15) is 4.79 Å². The Kier molecular flexibility index (Phi) is 2.95. The fourth-order valence-electron chi connectivity index (χ4n) is 2.06. The van der Waals surface area contributed by atoms with Crippen LogP contribution < -0.4 is 5.32 Å². The van der Waals surface area contributed by atoms with Crippen molar-refractivity contribution < 1.29 is 4.79 Å². The minimum absolute atomic E-state index is 0.158. The van der Waals surface area contributed by atoms with Crippen LogP contribution in [0, 0.1) is 6.92 Å². The monoisotopic (exact) mass is 314 g/mol. The topological polar surface area (TPSA) is 41.5 Å². The van der Waals surface area contributed by atoms with Gasteiger partial charge in [0.1, 0.15) is 5.71 Å². The van der Waals surface area contributed by atoms with Gasteiger partial charge in [0, 0.05) is 10.0 Å². The van der Waals surface area contributed by atoms with Gasteiger partial charge in [-0.2, -0.15) is 0 Å². The van der Waals surface area contributed by atoms with Crippen LogP contribution in [0.3, 0.4) is 0 Å². The highest BCUT2D eigenvalue weighted by Crippen LogP contribution is 2.28. The number of amides is 1. The highest BCUT2D eigenvalue weighted by atomic mass is 79.9. The van der Waals surface area contributed by atoms with E-state index in [-0.39, 0.29) is 5.91 Å². The molecule has 0 aliphatic carbocycles. The Labute approximate surface area is 119 Å². The molecule has 3 rings (SSSR count). The second kappa shape index (κ2) is 4.63. The number of halogens is 1. The number of aryl methyl sites for hydroxylation is 1. The number of hydrogen-bond donors (Lipinski definition) is 1. The summed E-state index contributed by atoms with van der Waals surface area (Å²) in [5, 5.41) is 2.82. The Bertz CT molecular complexity index is 707. The van der Waals surface area contributed by atoms with Crippen LogP contribution in [0.2, 0.25) is 0 Å². The van der Waals surface area contributed by atoms with Gasteiger partial charge in [-0.05, 0) is 42.8 Å². The highest BCUT2D eigenvalue weighted by Gasteiger charge is 2.25. The highest BCUT2D eigenvalue weighted by molar-refractivity contribution is 9.10. The Hall–Kier alpha value is -1.94. The predicted octanol–water partition coefficient (Wildman–Crippen LogP) is 3.83. The van der Waals surface area contributed by atoms with Gasteiger partial charge in [0.05, 0.1) is 11.4 Å². The molecule has 0 aromatic heterocycles. The third kappa shape index (κ3) is 2.31. The van der Waals surface area contributed by atoms with Crippen molar-refractivity contribution in [1.82, 2.24) is 0 Å². The third-order valence-electron chi connectivity index (χ3n) is 2.94. The second-order valence-electron chi connectivity index (χ2n) is 4.44. The average Bonchev–Trinajstić information content (AvgIpc) is 2.66. The summed E-state index contributed by atoms with van der Waals surface area (Å²) in [6.45, 7) is 2.00. The molecule has 0 spiro atoms. The molecule has 1 heterocycles. The van der Waals surface area contributed by atoms with E-state index in [2.05, 4.69) is 26.2 Å². The fourth-order valence-corrected chi connectivity index (χ4v) is 2.42. The van der Waals surface area contributed by atoms with E-state index in [1.54, 1.807) is 0 Å². The maximum absolute atomic E-state index is 12.0. The van der Waals surface area contributed by atoms with Gasteiger partial charge in [-0.15, -0.1) is 0 Å². The number of aliphatic imine (C=N–C) groups is 1. The number of carbonyl (C=O) groups excluding carboxylic acids is 1. The third-order valence-corrected chi connectivity index (χ3v) is 3.44. The van der Waals surface area contributed by atoms with E-state index < -0.39 is 0 Å². The van der Waals surface area contributed by atoms with E-state index in [0.29, 0.717) is 5.71 Å². The first-order valence-electron chi connectivity index (χ1n) is 5.90. The van der Waals surface area contributed by atoms with Crippen LogP contribution in [0.5, 0.6) is 0 Å². The summed E-state index contributed by atoms with van der Waals surface area (Å²) in [5.74, 6) is -0.158. The molecule has 0 fully saturated rings. The molecule has 4 heteroatoms. The molecule has 2 aromatic rings. The summed E-state index contributed by atoms with van der Waals surface area (Å²) in [6.07, 6.45) is 0. The second-order valence-corrected chi connectivity index (χ2v) is 5.36. The molecule has 0 saturated carbocycles. The minimum Gasteiger partial charge on any atom is -0.320 e. The van der Waals surface area contributed by atoms with E-state index in [1.807, 2.05) is 49.4 Å². The smallest absolute Gasteiger partial charge is 0.275 e. The van der Waals surface area contributed by atoms with Crippen molar-refractivity contribution >= 4 is 38.9 Å². The van der Waals surface area contributed by atoms with Gasteiger partial charge in [0.15, 0.2) is 0 Å². The van der Waals surface area contributed by atoms with Crippen molar-refractivity contribution in [3.05, 3.63) is 58.1 Å². The summed E-state index contributed by atoms with van der Waals surface area (Å²) in [7, 11) is 0. The van der Waals surface area contributed by atoms with Crippen LogP contribution in [0.15, 0.2) is 51.9 Å². The number of nitrogens with one attached hydrogen (secondary N) is 1. The summed E-state index contributed by atoms with van der Waals surface area (Å²) in [5.41, 5.74) is 4.01. The molecule has 3 nitrogen and oxygen atoms in total. The average molecular weight is 315 g/mol. The molecule has 0 saturated heterocycles. The zero-order valence-corrected chi connectivity index (χ0v) is 11.9. The van der Waals surface area contributed by atoms with Gasteiger partial charge in [0.25, 0.3) is 5.91 Å². The molecule has 2 aromatic carbocycles. The van der Waals surface area contributed by atoms with Gasteiger partial charge >= 0.3 is 0 Å². The minimum atomic E-state index is -0.158. The maximum Gasteiger partial charge on any atom is 0.275 e. The molecule has 94 valence electrons. The molecule has 0 radical (unpaired) electrons. The predicted molar refractivity (Wildman–Crippen MR) is 80.1 cm³/mol. The molecular weight excluding hydrogens is 304 g/mol. The maximum atomic E-state index is 12.0. The molecule has 0 bridgehead atoms. The van der Waals surface area contributed by atoms with Gasteiger partial charge in [-0.1, -0.05) is 28.1 Å². The van der Waals surface area contributed by atoms with Crippen LogP contribution in [-0.2, 0) is 4.79 Å². The standard InChI is InChI=1S/C15H11BrN2O/c1-9-3-2-4-11(7-9)17-14-12-8-10(16)5-6-13(12)18-15(14)19/h2-8H,1H3,(H,17,18,19). The zero-order chi connectivity index (χ0) is 13.4. The Morgan fingerprint density at radius 2 is 2.00 bits per heavy atom. The number of carbonyl (C=O) groups is 1. The van der Waals surface area contributed by atoms with Crippen LogP contribution in [-0.4, -0.2) is 11.6 Å².